The van der Waals surface area contributed by atoms with Gasteiger partial charge in [0.1, 0.15) is 0 Å². The van der Waals surface area contributed by atoms with Gasteiger partial charge in [-0.1, -0.05) is 60.7 Å². The fraction of sp³-hybridized carbons (Fsp3) is 0.200. The maximum Gasteiger partial charge on any atom is 0.0417 e. The predicted molar refractivity (Wildman–Crippen MR) is 85.5 cm³/mol. The minimum absolute atomic E-state index is 0.287. The van der Waals surface area contributed by atoms with Crippen LogP contribution in [0.15, 0.2) is 60.7 Å². The standard InChI is InChI=1S/C15H18NPS/c1-18-13-16-12-17(14-8-4-2-5-9-14)15-10-6-3-7-11-15/h2-11,16H,12-13H2,1H3. The zero-order valence-electron chi connectivity index (χ0n) is 10.5. The SMILES string of the molecule is CSCNCP(c1ccccc1)c1ccccc1. The van der Waals surface area contributed by atoms with E-state index in [1.807, 2.05) is 11.8 Å². The van der Waals surface area contributed by atoms with Crippen LogP contribution in [-0.4, -0.2) is 18.4 Å². The summed E-state index contributed by atoms with van der Waals surface area (Å²) < 4.78 is 0. The third-order valence-corrected chi connectivity index (χ3v) is 5.53. The lowest BCUT2D eigenvalue weighted by Gasteiger charge is -2.19. The molecule has 0 fully saturated rings. The van der Waals surface area contributed by atoms with Gasteiger partial charge in [0.05, 0.1) is 0 Å². The van der Waals surface area contributed by atoms with Crippen LogP contribution in [-0.2, 0) is 0 Å². The van der Waals surface area contributed by atoms with Gasteiger partial charge in [-0.3, -0.25) is 0 Å². The summed E-state index contributed by atoms with van der Waals surface area (Å²) in [6.07, 6.45) is 3.17. The number of hydrogen-bond acceptors (Lipinski definition) is 2. The quantitative estimate of drug-likeness (QED) is 0.494. The molecule has 0 heterocycles. The van der Waals surface area contributed by atoms with Crippen molar-refractivity contribution in [1.82, 2.24) is 5.32 Å². The summed E-state index contributed by atoms with van der Waals surface area (Å²) in [5, 5.41) is 6.40. The van der Waals surface area contributed by atoms with Crippen LogP contribution in [0.3, 0.4) is 0 Å². The summed E-state index contributed by atoms with van der Waals surface area (Å²) in [4.78, 5) is 0. The molecule has 3 heteroatoms. The monoisotopic (exact) mass is 275 g/mol. The number of thioether (sulfide) groups is 1. The Morgan fingerprint density at radius 2 is 1.39 bits per heavy atom. The molecular weight excluding hydrogens is 257 g/mol. The highest BCUT2D eigenvalue weighted by Gasteiger charge is 2.12. The molecule has 2 aromatic carbocycles. The van der Waals surface area contributed by atoms with E-state index in [9.17, 15) is 0 Å². The first kappa shape index (κ1) is 13.6. The molecule has 0 radical (unpaired) electrons. The molecule has 18 heavy (non-hydrogen) atoms. The molecule has 1 N–H and O–H groups in total. The number of hydrogen-bond donors (Lipinski definition) is 1. The molecule has 0 unspecified atom stereocenters. The van der Waals surface area contributed by atoms with Gasteiger partial charge in [0.25, 0.3) is 0 Å². The molecule has 0 aromatic heterocycles. The Morgan fingerprint density at radius 1 is 0.889 bits per heavy atom. The highest BCUT2D eigenvalue weighted by atomic mass is 32.2. The van der Waals surface area contributed by atoms with E-state index in [2.05, 4.69) is 72.2 Å². The van der Waals surface area contributed by atoms with Crippen LogP contribution in [0.4, 0.5) is 0 Å². The fourth-order valence-electron chi connectivity index (χ4n) is 1.81. The smallest absolute Gasteiger partial charge is 0.0417 e. The van der Waals surface area contributed by atoms with Crippen LogP contribution >= 0.6 is 19.7 Å². The molecule has 0 saturated carbocycles. The van der Waals surface area contributed by atoms with E-state index >= 15 is 0 Å². The van der Waals surface area contributed by atoms with Crippen molar-refractivity contribution < 1.29 is 0 Å². The van der Waals surface area contributed by atoms with E-state index in [0.29, 0.717) is 0 Å². The van der Waals surface area contributed by atoms with Crippen LogP contribution in [0.1, 0.15) is 0 Å². The van der Waals surface area contributed by atoms with E-state index in [0.717, 1.165) is 12.2 Å². The van der Waals surface area contributed by atoms with Gasteiger partial charge in [-0.25, -0.2) is 0 Å². The topological polar surface area (TPSA) is 12.0 Å². The predicted octanol–water partition coefficient (Wildman–Crippen LogP) is 2.99. The highest BCUT2D eigenvalue weighted by Crippen LogP contribution is 2.31. The fourth-order valence-corrected chi connectivity index (χ4v) is 4.33. The van der Waals surface area contributed by atoms with Gasteiger partial charge in [0.15, 0.2) is 0 Å². The second-order valence-electron chi connectivity index (χ2n) is 3.94. The highest BCUT2D eigenvalue weighted by molar-refractivity contribution is 7.98. The lowest BCUT2D eigenvalue weighted by molar-refractivity contribution is 0.946. The summed E-state index contributed by atoms with van der Waals surface area (Å²) in [6.45, 7) is 0. The average Bonchev–Trinajstić information content (AvgIpc) is 2.46. The normalized spacial score (nSPS) is 10.8. The molecule has 0 amide bonds. The van der Waals surface area contributed by atoms with Crippen molar-refractivity contribution in [2.75, 3.05) is 18.4 Å². The Balaban J connectivity index is 2.18. The van der Waals surface area contributed by atoms with E-state index in [4.69, 9.17) is 0 Å². The molecule has 0 spiro atoms. The molecular formula is C15H18NPS. The van der Waals surface area contributed by atoms with Crippen molar-refractivity contribution in [2.45, 2.75) is 0 Å². The van der Waals surface area contributed by atoms with Crippen LogP contribution in [0.5, 0.6) is 0 Å². The van der Waals surface area contributed by atoms with Crippen molar-refractivity contribution in [1.29, 1.82) is 0 Å². The molecule has 94 valence electrons. The van der Waals surface area contributed by atoms with Gasteiger partial charge in [0.2, 0.25) is 0 Å². The van der Waals surface area contributed by atoms with Crippen LogP contribution in [0, 0.1) is 0 Å². The van der Waals surface area contributed by atoms with Crippen molar-refractivity contribution in [3.05, 3.63) is 60.7 Å². The maximum atomic E-state index is 3.52. The summed E-state index contributed by atoms with van der Waals surface area (Å²) in [7, 11) is -0.287. The number of rotatable bonds is 6. The first-order valence-corrected chi connectivity index (χ1v) is 8.91. The van der Waals surface area contributed by atoms with Crippen LogP contribution in [0.2, 0.25) is 0 Å². The molecule has 0 aliphatic heterocycles. The second-order valence-corrected chi connectivity index (χ2v) is 7.01. The molecule has 0 saturated heterocycles. The van der Waals surface area contributed by atoms with Gasteiger partial charge >= 0.3 is 0 Å². The molecule has 0 aliphatic rings. The Hall–Kier alpha value is -0.820. The first-order valence-electron chi connectivity index (χ1n) is 5.99. The third-order valence-electron chi connectivity index (χ3n) is 2.65. The Morgan fingerprint density at radius 3 is 1.83 bits per heavy atom. The molecule has 2 aromatic rings. The van der Waals surface area contributed by atoms with Crippen LogP contribution < -0.4 is 15.9 Å². The summed E-state index contributed by atoms with van der Waals surface area (Å²) in [6, 6.07) is 21.6. The van der Waals surface area contributed by atoms with Crippen molar-refractivity contribution in [3.63, 3.8) is 0 Å². The lowest BCUT2D eigenvalue weighted by atomic mass is 10.4. The Kier molecular flexibility index (Phi) is 5.73. The zero-order valence-corrected chi connectivity index (χ0v) is 12.3. The molecule has 2 rings (SSSR count). The van der Waals surface area contributed by atoms with Crippen molar-refractivity contribution in [2.24, 2.45) is 0 Å². The summed E-state index contributed by atoms with van der Waals surface area (Å²) in [5.41, 5.74) is 0. The van der Waals surface area contributed by atoms with E-state index in [1.165, 1.54) is 10.6 Å². The Labute approximate surface area is 115 Å². The van der Waals surface area contributed by atoms with Crippen molar-refractivity contribution >= 4 is 30.3 Å². The van der Waals surface area contributed by atoms with Gasteiger partial charge < -0.3 is 5.32 Å². The van der Waals surface area contributed by atoms with Gasteiger partial charge in [0, 0.05) is 12.2 Å². The first-order chi connectivity index (χ1) is 8.92. The number of nitrogens with one attached hydrogen (secondary N) is 1. The van der Waals surface area contributed by atoms with E-state index in [-0.39, 0.29) is 7.92 Å². The molecule has 0 aliphatic carbocycles. The van der Waals surface area contributed by atoms with Gasteiger partial charge in [-0.2, -0.15) is 0 Å². The minimum Gasteiger partial charge on any atom is -0.303 e. The van der Waals surface area contributed by atoms with Gasteiger partial charge in [-0.15, -0.1) is 11.8 Å². The third kappa shape index (κ3) is 3.84. The maximum absolute atomic E-state index is 3.52. The minimum atomic E-state index is -0.287. The van der Waals surface area contributed by atoms with E-state index in [1.54, 1.807) is 0 Å². The average molecular weight is 275 g/mol. The zero-order chi connectivity index (χ0) is 12.6. The molecule has 0 atom stereocenters. The molecule has 0 bridgehead atoms. The van der Waals surface area contributed by atoms with E-state index < -0.39 is 0 Å². The van der Waals surface area contributed by atoms with Crippen molar-refractivity contribution in [3.8, 4) is 0 Å². The largest absolute Gasteiger partial charge is 0.303 e. The molecule has 1 nitrogen and oxygen atoms in total. The summed E-state index contributed by atoms with van der Waals surface area (Å²) >= 11 is 1.83. The summed E-state index contributed by atoms with van der Waals surface area (Å²) in [5.74, 6) is 1.01. The van der Waals surface area contributed by atoms with Crippen LogP contribution in [0.25, 0.3) is 0 Å². The second kappa shape index (κ2) is 7.58. The van der Waals surface area contributed by atoms with Gasteiger partial charge in [-0.05, 0) is 24.8 Å². The Bertz CT molecular complexity index is 407. The number of benzene rings is 2. The lowest BCUT2D eigenvalue weighted by Crippen LogP contribution is -2.22.